The van der Waals surface area contributed by atoms with Crippen molar-refractivity contribution in [2.24, 2.45) is 0 Å². The Bertz CT molecular complexity index is 792. The Labute approximate surface area is 151 Å². The largest absolute Gasteiger partial charge is 0.497 e. The molecule has 0 fully saturated rings. The lowest BCUT2D eigenvalue weighted by Gasteiger charge is -2.07. The van der Waals surface area contributed by atoms with Crippen molar-refractivity contribution in [2.45, 2.75) is 0 Å². The van der Waals surface area contributed by atoms with E-state index in [4.69, 9.17) is 18.9 Å². The van der Waals surface area contributed by atoms with Crippen LogP contribution in [0, 0.1) is 0 Å². The number of Topliss-reactive ketones (excluding diaryl/α,β-unsaturated/α-hetero) is 1. The van der Waals surface area contributed by atoms with Crippen molar-refractivity contribution >= 4 is 17.8 Å². The Morgan fingerprint density at radius 1 is 0.885 bits per heavy atom. The van der Waals surface area contributed by atoms with Crippen molar-refractivity contribution in [3.8, 4) is 17.2 Å². The van der Waals surface area contributed by atoms with Crippen LogP contribution in [0.1, 0.15) is 15.9 Å². The summed E-state index contributed by atoms with van der Waals surface area (Å²) in [6, 6.07) is 11.8. The number of ketones is 1. The fourth-order valence-electron chi connectivity index (χ4n) is 2.17. The van der Waals surface area contributed by atoms with Crippen LogP contribution in [0.25, 0.3) is 6.08 Å². The smallest absolute Gasteiger partial charge is 0.331 e. The van der Waals surface area contributed by atoms with Crippen LogP contribution in [0.15, 0.2) is 48.5 Å². The molecule has 26 heavy (non-hydrogen) atoms. The highest BCUT2D eigenvalue weighted by molar-refractivity contribution is 5.99. The summed E-state index contributed by atoms with van der Waals surface area (Å²) in [5.41, 5.74) is 1.10. The molecule has 6 nitrogen and oxygen atoms in total. The Morgan fingerprint density at radius 2 is 1.54 bits per heavy atom. The number of hydrogen-bond donors (Lipinski definition) is 0. The maximum absolute atomic E-state index is 12.0. The minimum Gasteiger partial charge on any atom is -0.497 e. The molecule has 0 spiro atoms. The molecule has 0 radical (unpaired) electrons. The number of esters is 1. The summed E-state index contributed by atoms with van der Waals surface area (Å²) in [7, 11) is 4.63. The van der Waals surface area contributed by atoms with Crippen LogP contribution < -0.4 is 14.2 Å². The number of carbonyl (C=O) groups excluding carboxylic acids is 2. The van der Waals surface area contributed by atoms with Crippen LogP contribution in [-0.2, 0) is 9.53 Å². The average Bonchev–Trinajstić information content (AvgIpc) is 2.70. The Balaban J connectivity index is 1.95. The lowest BCUT2D eigenvalue weighted by atomic mass is 10.1. The number of rotatable bonds is 8. The Hall–Kier alpha value is -3.28. The number of hydrogen-bond acceptors (Lipinski definition) is 6. The van der Waals surface area contributed by atoms with Gasteiger partial charge in [0.1, 0.15) is 17.2 Å². The van der Waals surface area contributed by atoms with E-state index in [1.165, 1.54) is 13.2 Å². The Kier molecular flexibility index (Phi) is 6.79. The average molecular weight is 356 g/mol. The van der Waals surface area contributed by atoms with Gasteiger partial charge in [-0.05, 0) is 48.5 Å². The van der Waals surface area contributed by atoms with Gasteiger partial charge in [0.25, 0.3) is 0 Å². The van der Waals surface area contributed by atoms with Gasteiger partial charge in [-0.25, -0.2) is 4.79 Å². The summed E-state index contributed by atoms with van der Waals surface area (Å²) in [4.78, 5) is 23.9. The van der Waals surface area contributed by atoms with Crippen LogP contribution in [0.2, 0.25) is 0 Å². The zero-order valence-corrected chi connectivity index (χ0v) is 14.9. The van der Waals surface area contributed by atoms with Crippen LogP contribution in [-0.4, -0.2) is 39.7 Å². The molecule has 136 valence electrons. The minimum atomic E-state index is -0.628. The SMILES string of the molecule is COc1ccc(C(=O)COC(=O)/C=C/c2cc(OC)ccc2OC)cc1. The molecule has 0 aliphatic rings. The molecule has 6 heteroatoms. The molecule has 0 aliphatic heterocycles. The first-order chi connectivity index (χ1) is 12.6. The molecule has 0 bridgehead atoms. The number of carbonyl (C=O) groups is 2. The second-order valence-electron chi connectivity index (χ2n) is 5.20. The molecule has 0 saturated heterocycles. The maximum atomic E-state index is 12.0. The van der Waals surface area contributed by atoms with Crippen LogP contribution in [0.3, 0.4) is 0 Å². The summed E-state index contributed by atoms with van der Waals surface area (Å²) in [5.74, 6) is 0.941. The van der Waals surface area contributed by atoms with Crippen LogP contribution in [0.4, 0.5) is 0 Å². The first kappa shape index (κ1) is 19.1. The van der Waals surface area contributed by atoms with E-state index >= 15 is 0 Å². The van der Waals surface area contributed by atoms with E-state index in [9.17, 15) is 9.59 Å². The van der Waals surface area contributed by atoms with Gasteiger partial charge in [0.2, 0.25) is 0 Å². The van der Waals surface area contributed by atoms with E-state index in [1.807, 2.05) is 0 Å². The molecule has 0 aliphatic carbocycles. The summed E-state index contributed by atoms with van der Waals surface area (Å²) >= 11 is 0. The summed E-state index contributed by atoms with van der Waals surface area (Å²) in [6.07, 6.45) is 2.78. The lowest BCUT2D eigenvalue weighted by molar-refractivity contribution is -0.136. The molecule has 0 saturated carbocycles. The van der Waals surface area contributed by atoms with E-state index in [0.29, 0.717) is 28.4 Å². The topological polar surface area (TPSA) is 71.1 Å². The number of methoxy groups -OCH3 is 3. The van der Waals surface area contributed by atoms with Gasteiger partial charge in [0.05, 0.1) is 21.3 Å². The van der Waals surface area contributed by atoms with Gasteiger partial charge in [0.15, 0.2) is 12.4 Å². The van der Waals surface area contributed by atoms with Crippen molar-refractivity contribution in [1.29, 1.82) is 0 Å². The van der Waals surface area contributed by atoms with Gasteiger partial charge in [0, 0.05) is 17.2 Å². The third-order valence-electron chi connectivity index (χ3n) is 3.59. The van der Waals surface area contributed by atoms with Crippen LogP contribution >= 0.6 is 0 Å². The second-order valence-corrected chi connectivity index (χ2v) is 5.20. The standard InChI is InChI=1S/C20H20O6/c1-23-16-7-4-14(5-8-16)18(21)13-26-20(22)11-6-15-12-17(24-2)9-10-19(15)25-3/h4-12H,13H2,1-3H3/b11-6+. The van der Waals surface area contributed by atoms with Gasteiger partial charge < -0.3 is 18.9 Å². The van der Waals surface area contributed by atoms with Crippen molar-refractivity contribution in [1.82, 2.24) is 0 Å². The lowest BCUT2D eigenvalue weighted by Crippen LogP contribution is -2.12. The Morgan fingerprint density at radius 3 is 2.15 bits per heavy atom. The maximum Gasteiger partial charge on any atom is 0.331 e. The highest BCUT2D eigenvalue weighted by Crippen LogP contribution is 2.25. The molecule has 0 aromatic heterocycles. The van der Waals surface area contributed by atoms with Crippen molar-refractivity contribution in [3.05, 3.63) is 59.7 Å². The van der Waals surface area contributed by atoms with Crippen molar-refractivity contribution < 1.29 is 28.5 Å². The van der Waals surface area contributed by atoms with Gasteiger partial charge in [-0.1, -0.05) is 0 Å². The molecule has 0 unspecified atom stereocenters. The molecular weight excluding hydrogens is 336 g/mol. The summed E-state index contributed by atoms with van der Waals surface area (Å²) in [5, 5.41) is 0. The zero-order valence-electron chi connectivity index (χ0n) is 14.9. The van der Waals surface area contributed by atoms with E-state index in [-0.39, 0.29) is 12.4 Å². The van der Waals surface area contributed by atoms with E-state index in [1.54, 1.807) is 62.8 Å². The van der Waals surface area contributed by atoms with Gasteiger partial charge in [-0.2, -0.15) is 0 Å². The van der Waals surface area contributed by atoms with Gasteiger partial charge in [-0.15, -0.1) is 0 Å². The fraction of sp³-hybridized carbons (Fsp3) is 0.200. The highest BCUT2D eigenvalue weighted by atomic mass is 16.5. The summed E-state index contributed by atoms with van der Waals surface area (Å²) < 4.78 is 20.4. The predicted molar refractivity (Wildman–Crippen MR) is 96.9 cm³/mol. The molecular formula is C20H20O6. The molecule has 2 aromatic carbocycles. The normalized spacial score (nSPS) is 10.4. The van der Waals surface area contributed by atoms with Crippen molar-refractivity contribution in [2.75, 3.05) is 27.9 Å². The first-order valence-corrected chi connectivity index (χ1v) is 7.81. The molecule has 0 N–H and O–H groups in total. The highest BCUT2D eigenvalue weighted by Gasteiger charge is 2.09. The fourth-order valence-corrected chi connectivity index (χ4v) is 2.17. The van der Waals surface area contributed by atoms with E-state index < -0.39 is 5.97 Å². The second kappa shape index (κ2) is 9.27. The molecule has 0 amide bonds. The van der Waals surface area contributed by atoms with Crippen LogP contribution in [0.5, 0.6) is 17.2 Å². The molecule has 2 rings (SSSR count). The number of benzene rings is 2. The minimum absolute atomic E-state index is 0.298. The summed E-state index contributed by atoms with van der Waals surface area (Å²) in [6.45, 7) is -0.343. The molecule has 0 atom stereocenters. The molecule has 2 aromatic rings. The third-order valence-corrected chi connectivity index (χ3v) is 3.59. The third kappa shape index (κ3) is 5.11. The first-order valence-electron chi connectivity index (χ1n) is 7.81. The predicted octanol–water partition coefficient (Wildman–Crippen LogP) is 3.15. The monoisotopic (exact) mass is 356 g/mol. The van der Waals surface area contributed by atoms with Gasteiger partial charge in [-0.3, -0.25) is 4.79 Å². The zero-order chi connectivity index (χ0) is 18.9. The quantitative estimate of drug-likeness (QED) is 0.411. The van der Waals surface area contributed by atoms with Crippen molar-refractivity contribution in [3.63, 3.8) is 0 Å². The number of ether oxygens (including phenoxy) is 4. The van der Waals surface area contributed by atoms with Gasteiger partial charge >= 0.3 is 5.97 Å². The van der Waals surface area contributed by atoms with E-state index in [0.717, 1.165) is 0 Å². The van der Waals surface area contributed by atoms with E-state index in [2.05, 4.69) is 0 Å². The molecule has 0 heterocycles.